The van der Waals surface area contributed by atoms with Gasteiger partial charge in [0.2, 0.25) is 0 Å². The zero-order valence-corrected chi connectivity index (χ0v) is 13.3. The molecule has 1 aromatic carbocycles. The summed E-state index contributed by atoms with van der Waals surface area (Å²) in [7, 11) is -3.01. The van der Waals surface area contributed by atoms with E-state index in [1.54, 1.807) is 0 Å². The summed E-state index contributed by atoms with van der Waals surface area (Å²) in [6.07, 6.45) is 1.84. The molecule has 2 heterocycles. The van der Waals surface area contributed by atoms with Gasteiger partial charge in [-0.15, -0.1) is 0 Å². The van der Waals surface area contributed by atoms with Gasteiger partial charge in [0.15, 0.2) is 9.84 Å². The Hall–Kier alpha value is -1.17. The first-order chi connectivity index (χ1) is 9.90. The largest absolute Gasteiger partial charge is 0.305 e. The molecule has 2 aliphatic heterocycles. The number of sulfone groups is 1. The predicted octanol–water partition coefficient (Wildman–Crippen LogP) is 1.51. The smallest absolute Gasteiger partial charge is 0.173 e. The van der Waals surface area contributed by atoms with Crippen LogP contribution < -0.4 is 5.32 Å². The molecule has 0 saturated carbocycles. The van der Waals surface area contributed by atoms with Gasteiger partial charge in [0, 0.05) is 30.6 Å². The van der Waals surface area contributed by atoms with E-state index in [1.807, 2.05) is 24.3 Å². The van der Waals surface area contributed by atoms with Crippen LogP contribution in [0.4, 0.5) is 0 Å². The summed E-state index contributed by atoms with van der Waals surface area (Å²) < 4.78 is 23.4. The normalized spacial score (nSPS) is 35.9. The van der Waals surface area contributed by atoms with E-state index in [4.69, 9.17) is 0 Å². The number of hydrogen-bond donors (Lipinski definition) is 1. The van der Waals surface area contributed by atoms with Crippen molar-refractivity contribution in [1.82, 2.24) is 10.2 Å². The number of rotatable bonds is 2. The maximum absolute atomic E-state index is 11.7. The van der Waals surface area contributed by atoms with Crippen LogP contribution in [0.1, 0.15) is 19.4 Å². The Kier molecular flexibility index (Phi) is 3.67. The Balaban J connectivity index is 1.84. The Morgan fingerprint density at radius 1 is 1.29 bits per heavy atom. The van der Waals surface area contributed by atoms with E-state index in [9.17, 15) is 8.42 Å². The number of piperazine rings is 1. The van der Waals surface area contributed by atoms with Crippen LogP contribution >= 0.6 is 0 Å². The second kappa shape index (κ2) is 5.23. The molecule has 0 amide bonds. The summed E-state index contributed by atoms with van der Waals surface area (Å²) in [5.41, 5.74) is 1.10. The highest BCUT2D eigenvalue weighted by atomic mass is 32.2. The van der Waals surface area contributed by atoms with Crippen molar-refractivity contribution in [3.63, 3.8) is 0 Å². The maximum Gasteiger partial charge on any atom is 0.173 e. The van der Waals surface area contributed by atoms with Crippen molar-refractivity contribution in [2.45, 2.75) is 31.5 Å². The maximum atomic E-state index is 11.7. The van der Waals surface area contributed by atoms with Crippen LogP contribution in [0.2, 0.25) is 0 Å². The molecular weight excluding hydrogens is 284 g/mol. The van der Waals surface area contributed by atoms with Crippen molar-refractivity contribution in [3.05, 3.63) is 47.4 Å². The Morgan fingerprint density at radius 3 is 2.62 bits per heavy atom. The molecule has 4 nitrogen and oxygen atoms in total. The van der Waals surface area contributed by atoms with E-state index >= 15 is 0 Å². The zero-order chi connectivity index (χ0) is 15.1. The van der Waals surface area contributed by atoms with Crippen LogP contribution in [0.5, 0.6) is 0 Å². The first-order valence-corrected chi connectivity index (χ1v) is 9.08. The highest BCUT2D eigenvalue weighted by Crippen LogP contribution is 2.29. The van der Waals surface area contributed by atoms with Gasteiger partial charge in [-0.25, -0.2) is 8.42 Å². The highest BCUT2D eigenvalue weighted by molar-refractivity contribution is 7.94. The first-order valence-electron chi connectivity index (χ1n) is 7.37. The quantitative estimate of drug-likeness (QED) is 0.900. The first kappa shape index (κ1) is 14.8. The van der Waals surface area contributed by atoms with Crippen molar-refractivity contribution in [3.8, 4) is 0 Å². The van der Waals surface area contributed by atoms with Gasteiger partial charge in [-0.2, -0.15) is 0 Å². The van der Waals surface area contributed by atoms with Crippen LogP contribution in [0.25, 0.3) is 0 Å². The van der Waals surface area contributed by atoms with Gasteiger partial charge in [0.1, 0.15) is 0 Å². The second-order valence-electron chi connectivity index (χ2n) is 6.33. The molecule has 0 aliphatic carbocycles. The molecule has 3 atom stereocenters. The topological polar surface area (TPSA) is 49.4 Å². The number of nitrogens with zero attached hydrogens (tertiary/aromatic N) is 1. The number of benzene rings is 1. The van der Waals surface area contributed by atoms with Crippen LogP contribution in [0.3, 0.4) is 0 Å². The third-order valence-corrected chi connectivity index (χ3v) is 5.98. The summed E-state index contributed by atoms with van der Waals surface area (Å²) in [4.78, 5) is 2.31. The average Bonchev–Trinajstić information content (AvgIpc) is 2.83. The summed E-state index contributed by atoms with van der Waals surface area (Å²) >= 11 is 0. The second-order valence-corrected chi connectivity index (χ2v) is 8.26. The highest BCUT2D eigenvalue weighted by Gasteiger charge is 2.39. The van der Waals surface area contributed by atoms with Crippen molar-refractivity contribution >= 4 is 9.84 Å². The third kappa shape index (κ3) is 2.91. The predicted molar refractivity (Wildman–Crippen MR) is 84.7 cm³/mol. The third-order valence-electron chi connectivity index (χ3n) is 4.60. The zero-order valence-electron chi connectivity index (χ0n) is 12.5. The molecule has 3 unspecified atom stereocenters. The number of nitrogens with one attached hydrogen (secondary N) is 1. The molecular formula is C16H22N2O2S. The lowest BCUT2D eigenvalue weighted by Gasteiger charge is -2.47. The minimum atomic E-state index is -3.01. The van der Waals surface area contributed by atoms with E-state index in [0.717, 1.165) is 13.1 Å². The van der Waals surface area contributed by atoms with Crippen molar-refractivity contribution in [1.29, 1.82) is 0 Å². The van der Waals surface area contributed by atoms with E-state index < -0.39 is 9.84 Å². The molecule has 3 rings (SSSR count). The Labute approximate surface area is 126 Å². The molecule has 0 spiro atoms. The molecule has 0 radical (unpaired) electrons. The molecule has 2 aliphatic rings. The lowest BCUT2D eigenvalue weighted by atomic mass is 9.87. The molecule has 1 aromatic rings. The van der Waals surface area contributed by atoms with Crippen LogP contribution in [-0.2, 0) is 15.4 Å². The molecule has 1 N–H and O–H groups in total. The van der Waals surface area contributed by atoms with E-state index in [2.05, 4.69) is 36.2 Å². The van der Waals surface area contributed by atoms with Gasteiger partial charge in [-0.1, -0.05) is 36.4 Å². The lowest BCUT2D eigenvalue weighted by Crippen LogP contribution is -2.62. The summed E-state index contributed by atoms with van der Waals surface area (Å²) in [6, 6.07) is 10.7. The fraction of sp³-hybridized carbons (Fsp3) is 0.500. The van der Waals surface area contributed by atoms with Gasteiger partial charge >= 0.3 is 0 Å². The molecule has 1 fully saturated rings. The fourth-order valence-corrected chi connectivity index (χ4v) is 4.59. The minimum Gasteiger partial charge on any atom is -0.305 e. The van der Waals surface area contributed by atoms with Gasteiger partial charge in [0.05, 0.1) is 11.3 Å². The fourth-order valence-electron chi connectivity index (χ4n) is 3.28. The Morgan fingerprint density at radius 2 is 2.00 bits per heavy atom. The van der Waals surface area contributed by atoms with Crippen LogP contribution in [0.15, 0.2) is 41.8 Å². The molecule has 0 bridgehead atoms. The molecule has 0 aromatic heterocycles. The molecule has 5 heteroatoms. The van der Waals surface area contributed by atoms with E-state index in [0.29, 0.717) is 6.04 Å². The Bertz CT molecular complexity index is 642. The van der Waals surface area contributed by atoms with E-state index in [1.165, 1.54) is 11.0 Å². The summed E-state index contributed by atoms with van der Waals surface area (Å²) in [5.74, 6) is 0.211. The summed E-state index contributed by atoms with van der Waals surface area (Å²) in [5, 5.41) is 4.99. The summed E-state index contributed by atoms with van der Waals surface area (Å²) in [6.45, 7) is 6.00. The van der Waals surface area contributed by atoms with Gasteiger partial charge in [0.25, 0.3) is 0 Å². The van der Waals surface area contributed by atoms with Crippen molar-refractivity contribution in [2.24, 2.45) is 0 Å². The number of hydrogen-bond acceptors (Lipinski definition) is 4. The monoisotopic (exact) mass is 306 g/mol. The van der Waals surface area contributed by atoms with Gasteiger partial charge in [-0.05, 0) is 19.4 Å². The molecule has 1 saturated heterocycles. The van der Waals surface area contributed by atoms with Gasteiger partial charge in [-0.3, -0.25) is 4.90 Å². The minimum absolute atomic E-state index is 0.00450. The van der Waals surface area contributed by atoms with Gasteiger partial charge < -0.3 is 5.32 Å². The lowest BCUT2D eigenvalue weighted by molar-refractivity contribution is 0.0785. The average molecular weight is 306 g/mol. The van der Waals surface area contributed by atoms with Crippen molar-refractivity contribution in [2.75, 3.05) is 18.8 Å². The standard InChI is InChI=1S/C16H22N2O2S/c1-13-10-17-16(2,14-6-4-3-5-7-14)12-18(13)15-8-9-21(19,20)11-15/h3-9,13,15,17H,10-12H2,1-2H3. The SMILES string of the molecule is CC1CNC(C)(c2ccccc2)CN1C1C=CS(=O)(=O)C1. The van der Waals surface area contributed by atoms with Crippen LogP contribution in [-0.4, -0.2) is 44.2 Å². The van der Waals surface area contributed by atoms with Crippen LogP contribution in [0, 0.1) is 0 Å². The van der Waals surface area contributed by atoms with Crippen molar-refractivity contribution < 1.29 is 8.42 Å². The molecule has 114 valence electrons. The molecule has 21 heavy (non-hydrogen) atoms. The van der Waals surface area contributed by atoms with E-state index in [-0.39, 0.29) is 17.3 Å².